The molecule has 0 aliphatic heterocycles. The second-order valence-corrected chi connectivity index (χ2v) is 17.3. The van der Waals surface area contributed by atoms with Crippen molar-refractivity contribution in [2.24, 2.45) is 35.0 Å². The summed E-state index contributed by atoms with van der Waals surface area (Å²) in [5.74, 6) is -5.34. The van der Waals surface area contributed by atoms with Crippen molar-refractivity contribution < 1.29 is 44.3 Å². The quantitative estimate of drug-likeness (QED) is 0.0572. The van der Waals surface area contributed by atoms with Gasteiger partial charge in [0.2, 0.25) is 29.5 Å². The number of likely N-dealkylation sites (N-methyl/N-ethyl adjacent to an activating group) is 2. The molecule has 2 aromatic rings. The minimum atomic E-state index is -1.70. The molecule has 0 saturated carbocycles. The summed E-state index contributed by atoms with van der Waals surface area (Å²) in [5.41, 5.74) is 3.43. The zero-order valence-electron chi connectivity index (χ0n) is 33.2. The molecule has 0 unspecified atom stereocenters. The summed E-state index contributed by atoms with van der Waals surface area (Å²) in [4.78, 5) is 74.3. The molecular weight excluding hydrogens is 749 g/mol. The van der Waals surface area contributed by atoms with E-state index >= 15 is 0 Å². The van der Waals surface area contributed by atoms with Crippen LogP contribution in [0, 0.1) is 35.0 Å². The summed E-state index contributed by atoms with van der Waals surface area (Å²) in [6.45, 7) is 13.0. The van der Waals surface area contributed by atoms with E-state index in [1.54, 1.807) is 37.6 Å². The smallest absolute Gasteiger partial charge is 0.272 e. The Morgan fingerprint density at radius 3 is 1.71 bits per heavy atom. The molecular formula is C38H60N6O9S2. The van der Waals surface area contributed by atoms with Crippen molar-refractivity contribution in [2.45, 2.75) is 90.1 Å². The van der Waals surface area contributed by atoms with Crippen LogP contribution in [-0.4, -0.2) is 89.0 Å². The van der Waals surface area contributed by atoms with Gasteiger partial charge in [-0.1, -0.05) is 84.9 Å². The summed E-state index contributed by atoms with van der Waals surface area (Å²) in [5, 5.41) is 40.4. The number of carbonyl (C=O) groups excluding carboxylic acids is 6. The molecule has 0 radical (unpaired) electrons. The Bertz CT molecular complexity index is 1500. The van der Waals surface area contributed by atoms with Crippen LogP contribution in [0.25, 0.3) is 0 Å². The van der Waals surface area contributed by atoms with Crippen molar-refractivity contribution in [1.29, 1.82) is 0 Å². The van der Waals surface area contributed by atoms with Crippen LogP contribution in [0.5, 0.6) is 0 Å². The Morgan fingerprint density at radius 2 is 1.24 bits per heavy atom. The number of carbonyl (C=O) groups is 6. The van der Waals surface area contributed by atoms with Crippen molar-refractivity contribution in [3.8, 4) is 0 Å². The number of amides is 6. The summed E-state index contributed by atoms with van der Waals surface area (Å²) in [6.07, 6.45) is -0.694. The number of hydroxylamine groups is 2. The topological polar surface area (TPSA) is 235 Å². The number of hydrogen-bond donors (Lipinski definition) is 9. The lowest BCUT2D eigenvalue weighted by Gasteiger charge is -2.32. The van der Waals surface area contributed by atoms with Gasteiger partial charge >= 0.3 is 0 Å². The van der Waals surface area contributed by atoms with E-state index in [0.29, 0.717) is 18.6 Å². The molecule has 308 valence electrons. The van der Waals surface area contributed by atoms with E-state index in [1.165, 1.54) is 31.3 Å². The minimum Gasteiger partial charge on any atom is -0.382 e. The fourth-order valence-electron chi connectivity index (χ4n) is 5.65. The van der Waals surface area contributed by atoms with Crippen LogP contribution in [0.2, 0.25) is 0 Å². The van der Waals surface area contributed by atoms with Crippen LogP contribution < -0.4 is 32.2 Å². The van der Waals surface area contributed by atoms with Gasteiger partial charge in [-0.3, -0.25) is 39.2 Å². The lowest BCUT2D eigenvalue weighted by Crippen LogP contribution is -2.56. The molecule has 1 aromatic carbocycles. The van der Waals surface area contributed by atoms with Crippen LogP contribution in [0.1, 0.15) is 66.9 Å². The summed E-state index contributed by atoms with van der Waals surface area (Å²) in [7, 11) is 2.99. The highest BCUT2D eigenvalue weighted by molar-refractivity contribution is 8.01. The maximum atomic E-state index is 13.4. The monoisotopic (exact) mass is 808 g/mol. The van der Waals surface area contributed by atoms with Crippen molar-refractivity contribution in [2.75, 3.05) is 19.8 Å². The van der Waals surface area contributed by atoms with Crippen LogP contribution in [0.4, 0.5) is 0 Å². The van der Waals surface area contributed by atoms with Crippen LogP contribution in [-0.2, 0) is 35.2 Å². The molecule has 15 nitrogen and oxygen atoms in total. The number of hydrogen-bond acceptors (Lipinski definition) is 11. The fraction of sp³-hybridized carbons (Fsp3) is 0.579. The first-order valence-electron chi connectivity index (χ1n) is 18.1. The van der Waals surface area contributed by atoms with Crippen LogP contribution in [0.15, 0.2) is 52.1 Å². The molecule has 1 aromatic heterocycles. The molecule has 17 heteroatoms. The van der Waals surface area contributed by atoms with E-state index in [4.69, 9.17) is 5.21 Å². The lowest BCUT2D eigenvalue weighted by atomic mass is 9.84. The molecule has 0 spiro atoms. The van der Waals surface area contributed by atoms with E-state index in [1.807, 2.05) is 75.5 Å². The third kappa shape index (κ3) is 17.1. The molecule has 0 bridgehead atoms. The van der Waals surface area contributed by atoms with E-state index in [-0.39, 0.29) is 36.0 Å². The maximum Gasteiger partial charge on any atom is 0.272 e. The minimum absolute atomic E-state index is 0.0278. The molecule has 6 amide bonds. The predicted molar refractivity (Wildman–Crippen MR) is 212 cm³/mol. The third-order valence-corrected chi connectivity index (χ3v) is 10.8. The Kier molecular flexibility index (Phi) is 21.8. The van der Waals surface area contributed by atoms with E-state index in [9.17, 15) is 39.1 Å². The first kappa shape index (κ1) is 49.0. The van der Waals surface area contributed by atoms with Gasteiger partial charge < -0.3 is 26.4 Å². The largest absolute Gasteiger partial charge is 0.382 e. The molecule has 1 heterocycles. The summed E-state index contributed by atoms with van der Waals surface area (Å²) < 4.78 is 1.02. The van der Waals surface area contributed by atoms with E-state index in [0.717, 1.165) is 9.77 Å². The van der Waals surface area contributed by atoms with Gasteiger partial charge in [0.25, 0.3) is 5.91 Å². The van der Waals surface area contributed by atoms with Gasteiger partial charge in [-0.15, -0.1) is 23.1 Å². The molecule has 0 aliphatic rings. The van der Waals surface area contributed by atoms with Crippen molar-refractivity contribution in [3.05, 3.63) is 53.4 Å². The number of thiophene rings is 1. The first-order valence-corrected chi connectivity index (χ1v) is 20.0. The zero-order chi connectivity index (χ0) is 41.9. The van der Waals surface area contributed by atoms with Gasteiger partial charge in [-0.25, -0.2) is 11.0 Å². The van der Waals surface area contributed by atoms with E-state index in [2.05, 4.69) is 21.3 Å². The van der Waals surface area contributed by atoms with Gasteiger partial charge in [0, 0.05) is 26.3 Å². The molecule has 2 rings (SSSR count). The number of rotatable bonds is 19. The van der Waals surface area contributed by atoms with Crippen LogP contribution >= 0.6 is 23.1 Å². The number of aliphatic hydroxyl groups excluding tert-OH is 1. The molecule has 0 fully saturated rings. The van der Waals surface area contributed by atoms with Crippen LogP contribution in [0.3, 0.4) is 0 Å². The maximum absolute atomic E-state index is 13.4. The van der Waals surface area contributed by atoms with Crippen molar-refractivity contribution in [3.63, 3.8) is 0 Å². The molecule has 9 N–H and O–H groups in total. The van der Waals surface area contributed by atoms with E-state index < -0.39 is 59.1 Å². The Morgan fingerprint density at radius 1 is 0.691 bits per heavy atom. The second-order valence-electron chi connectivity index (χ2n) is 15.0. The number of benzene rings is 1. The number of aliphatic hydroxyl groups is 1. The van der Waals surface area contributed by atoms with Gasteiger partial charge in [0.05, 0.1) is 22.0 Å². The van der Waals surface area contributed by atoms with Gasteiger partial charge in [0.15, 0.2) is 0 Å². The van der Waals surface area contributed by atoms with Crippen molar-refractivity contribution >= 4 is 58.5 Å². The average molecular weight is 809 g/mol. The molecule has 6 atom stereocenters. The highest BCUT2D eigenvalue weighted by Crippen LogP contribution is 2.31. The zero-order valence-corrected chi connectivity index (χ0v) is 34.8. The standard InChI is InChI=1S/C23H31N3O4S2.C15H29N3O5/c1-15(2)12-17(18(22(28)26-30)14-32-20-10-7-11-31-20)21(27)25-19(23(29)24-3)13-16-8-5-4-6-9-16;1-8(2)7-9(10(19)13(21)18-23)12(20)17-11(14(22)16-6)15(3,4)5/h4-11,15,17-19,30H,12-14H2,1-3H3,(H,24,29)(H,25,27)(H,26,28);8-11,19,23H,7H2,1-6H3,(H,16,22)(H,17,20)(H,18,21)/t17-,18+,19+;9-,10+,11-/m11/s1. The molecule has 55 heavy (non-hydrogen) atoms. The van der Waals surface area contributed by atoms with Gasteiger partial charge in [-0.05, 0) is 47.1 Å². The predicted octanol–water partition coefficient (Wildman–Crippen LogP) is 2.89. The molecule has 0 aliphatic carbocycles. The van der Waals surface area contributed by atoms with Gasteiger partial charge in [-0.2, -0.15) is 0 Å². The summed E-state index contributed by atoms with van der Waals surface area (Å²) in [6, 6.07) is 11.7. The Labute approximate surface area is 332 Å². The highest BCUT2D eigenvalue weighted by atomic mass is 32.2. The average Bonchev–Trinajstić information content (AvgIpc) is 3.67. The molecule has 0 saturated heterocycles. The summed E-state index contributed by atoms with van der Waals surface area (Å²) >= 11 is 3.02. The lowest BCUT2D eigenvalue weighted by molar-refractivity contribution is -0.147. The third-order valence-electron chi connectivity index (χ3n) is 8.54. The number of thioether (sulfide) groups is 1. The Hall–Kier alpha value is -4.03. The fourth-order valence-corrected chi connectivity index (χ4v) is 7.65. The second kappa shape index (κ2) is 24.5. The SMILES string of the molecule is CNC(=O)[C@@H](NC(=O)[C@H](CC(C)C)[C@H](O)C(=O)NO)C(C)(C)C.CNC(=O)[C@H](Cc1ccccc1)NC(=O)[C@H](CC(C)C)[C@H](CSc1cccs1)C(=O)NO. The number of nitrogens with one attached hydrogen (secondary N) is 6. The van der Waals surface area contributed by atoms with Crippen molar-refractivity contribution in [1.82, 2.24) is 32.2 Å². The Balaban J connectivity index is 0.000000584. The first-order chi connectivity index (χ1) is 25.8. The van der Waals surface area contributed by atoms with Gasteiger partial charge in [0.1, 0.15) is 18.2 Å². The normalized spacial score (nSPS) is 14.5. The highest BCUT2D eigenvalue weighted by Gasteiger charge is 2.39.